The Morgan fingerprint density at radius 1 is 1.17 bits per heavy atom. The van der Waals surface area contributed by atoms with Crippen LogP contribution in [0.15, 0.2) is 17.7 Å². The van der Waals surface area contributed by atoms with Gasteiger partial charge in [-0.3, -0.25) is 14.4 Å². The summed E-state index contributed by atoms with van der Waals surface area (Å²) in [5, 5.41) is 0. The second kappa shape index (κ2) is 8.87. The lowest BCUT2D eigenvalue weighted by Crippen LogP contribution is -2.31. The molecule has 0 radical (unpaired) electrons. The molecule has 1 amide bonds. The van der Waals surface area contributed by atoms with Gasteiger partial charge >= 0.3 is 0 Å². The number of carbonyl (C=O) groups is 3. The van der Waals surface area contributed by atoms with Crippen LogP contribution in [-0.4, -0.2) is 24.0 Å². The number of amides is 1. The number of ketones is 2. The normalized spacial score (nSPS) is 20.2. The molecule has 0 N–H and O–H groups in total. The SMILES string of the molecule is CCCCC12CCC(=O)C(C)=C1c1ccc(N(CCC(=O)CC)C(C)=O)c(C)c1C2. The molecule has 162 valence electrons. The zero-order chi connectivity index (χ0) is 22.1. The molecule has 0 saturated heterocycles. The van der Waals surface area contributed by atoms with E-state index in [4.69, 9.17) is 0 Å². The van der Waals surface area contributed by atoms with Gasteiger partial charge in [-0.15, -0.1) is 0 Å². The first-order chi connectivity index (χ1) is 14.3. The van der Waals surface area contributed by atoms with Gasteiger partial charge in [0.05, 0.1) is 0 Å². The minimum Gasteiger partial charge on any atom is -0.312 e. The van der Waals surface area contributed by atoms with Gasteiger partial charge in [0, 0.05) is 43.8 Å². The standard InChI is InChI=1S/C26H35NO3/c1-6-8-13-26-14-11-24(30)18(4)25(26)21-9-10-23(17(3)22(21)16-26)27(19(5)28)15-12-20(29)7-2/h9-10H,6-8,11-16H2,1-5H3. The number of hydrogen-bond donors (Lipinski definition) is 0. The Balaban J connectivity index is 2.06. The summed E-state index contributed by atoms with van der Waals surface area (Å²) in [5.74, 6) is 0.405. The maximum absolute atomic E-state index is 12.5. The summed E-state index contributed by atoms with van der Waals surface area (Å²) in [6.07, 6.45) is 6.79. The highest BCUT2D eigenvalue weighted by molar-refractivity contribution is 6.06. The van der Waals surface area contributed by atoms with E-state index in [0.29, 0.717) is 25.8 Å². The second-order valence-electron chi connectivity index (χ2n) is 9.03. The van der Waals surface area contributed by atoms with E-state index in [1.165, 1.54) is 16.7 Å². The molecule has 1 aromatic carbocycles. The van der Waals surface area contributed by atoms with Crippen LogP contribution in [0.5, 0.6) is 0 Å². The number of benzene rings is 1. The van der Waals surface area contributed by atoms with Crippen molar-refractivity contribution in [2.45, 2.75) is 86.0 Å². The van der Waals surface area contributed by atoms with Crippen molar-refractivity contribution < 1.29 is 14.4 Å². The fraction of sp³-hybridized carbons (Fsp3) is 0.577. The van der Waals surface area contributed by atoms with Gasteiger partial charge < -0.3 is 4.90 Å². The van der Waals surface area contributed by atoms with Crippen molar-refractivity contribution in [2.24, 2.45) is 5.41 Å². The summed E-state index contributed by atoms with van der Waals surface area (Å²) in [5.41, 5.74) is 6.74. The van der Waals surface area contributed by atoms with Crippen LogP contribution in [0, 0.1) is 12.3 Å². The van der Waals surface area contributed by atoms with Gasteiger partial charge in [-0.1, -0.05) is 32.8 Å². The number of Topliss-reactive ketones (excluding diaryl/α,β-unsaturated/α-hetero) is 2. The Hall–Kier alpha value is -2.23. The van der Waals surface area contributed by atoms with E-state index >= 15 is 0 Å². The number of carbonyl (C=O) groups excluding carboxylic acids is 3. The lowest BCUT2D eigenvalue weighted by Gasteiger charge is -2.36. The fourth-order valence-corrected chi connectivity index (χ4v) is 5.42. The fourth-order valence-electron chi connectivity index (χ4n) is 5.42. The molecule has 0 bridgehead atoms. The number of anilines is 1. The Labute approximate surface area is 180 Å². The van der Waals surface area contributed by atoms with Crippen molar-refractivity contribution in [2.75, 3.05) is 11.4 Å². The lowest BCUT2D eigenvalue weighted by molar-refractivity contribution is -0.119. The van der Waals surface area contributed by atoms with E-state index in [0.717, 1.165) is 48.9 Å². The topological polar surface area (TPSA) is 54.5 Å². The van der Waals surface area contributed by atoms with Gasteiger partial charge in [0.1, 0.15) is 5.78 Å². The van der Waals surface area contributed by atoms with Gasteiger partial charge in [-0.05, 0) is 67.0 Å². The lowest BCUT2D eigenvalue weighted by atomic mass is 9.67. The van der Waals surface area contributed by atoms with Crippen LogP contribution in [0.2, 0.25) is 0 Å². The molecule has 4 heteroatoms. The predicted octanol–water partition coefficient (Wildman–Crippen LogP) is 5.59. The highest BCUT2D eigenvalue weighted by Crippen LogP contribution is 2.57. The van der Waals surface area contributed by atoms with Crippen molar-refractivity contribution in [3.63, 3.8) is 0 Å². The maximum Gasteiger partial charge on any atom is 0.223 e. The second-order valence-corrected chi connectivity index (χ2v) is 9.03. The molecule has 0 spiro atoms. The zero-order valence-corrected chi connectivity index (χ0v) is 19.2. The van der Waals surface area contributed by atoms with Crippen LogP contribution in [0.4, 0.5) is 5.69 Å². The minimum absolute atomic E-state index is 0.0383. The molecule has 0 heterocycles. The number of hydrogen-bond acceptors (Lipinski definition) is 3. The zero-order valence-electron chi connectivity index (χ0n) is 19.2. The van der Waals surface area contributed by atoms with E-state index < -0.39 is 0 Å². The van der Waals surface area contributed by atoms with Gasteiger partial charge in [-0.2, -0.15) is 0 Å². The van der Waals surface area contributed by atoms with Crippen LogP contribution in [0.1, 0.15) is 89.3 Å². The molecule has 0 saturated carbocycles. The third kappa shape index (κ3) is 3.89. The monoisotopic (exact) mass is 409 g/mol. The molecule has 0 aliphatic heterocycles. The molecule has 1 unspecified atom stereocenters. The average molecular weight is 410 g/mol. The molecular weight excluding hydrogens is 374 g/mol. The number of fused-ring (bicyclic) bond motifs is 3. The highest BCUT2D eigenvalue weighted by atomic mass is 16.2. The summed E-state index contributed by atoms with van der Waals surface area (Å²) < 4.78 is 0. The Bertz CT molecular complexity index is 911. The largest absolute Gasteiger partial charge is 0.312 e. The number of allylic oxidation sites excluding steroid dienone is 2. The minimum atomic E-state index is -0.0383. The van der Waals surface area contributed by atoms with Gasteiger partial charge in [0.25, 0.3) is 0 Å². The number of nitrogens with zero attached hydrogens (tertiary/aromatic N) is 1. The number of unbranched alkanes of at least 4 members (excludes halogenated alkanes) is 1. The van der Waals surface area contributed by atoms with Crippen molar-refractivity contribution in [3.8, 4) is 0 Å². The van der Waals surface area contributed by atoms with Crippen LogP contribution in [-0.2, 0) is 20.8 Å². The first-order valence-corrected chi connectivity index (χ1v) is 11.4. The van der Waals surface area contributed by atoms with Gasteiger partial charge in [0.15, 0.2) is 5.78 Å². The Morgan fingerprint density at radius 2 is 1.90 bits per heavy atom. The quantitative estimate of drug-likeness (QED) is 0.563. The Kier molecular flexibility index (Phi) is 6.64. The predicted molar refractivity (Wildman–Crippen MR) is 122 cm³/mol. The molecule has 2 aliphatic carbocycles. The first kappa shape index (κ1) is 22.5. The molecule has 30 heavy (non-hydrogen) atoms. The maximum atomic E-state index is 12.5. The third-order valence-corrected chi connectivity index (χ3v) is 7.20. The molecular formula is C26H35NO3. The summed E-state index contributed by atoms with van der Waals surface area (Å²) in [6, 6.07) is 4.13. The summed E-state index contributed by atoms with van der Waals surface area (Å²) in [7, 11) is 0. The summed E-state index contributed by atoms with van der Waals surface area (Å²) in [4.78, 5) is 38.5. The van der Waals surface area contributed by atoms with E-state index in [1.807, 2.05) is 19.9 Å². The third-order valence-electron chi connectivity index (χ3n) is 7.20. The van der Waals surface area contributed by atoms with Crippen LogP contribution in [0.3, 0.4) is 0 Å². The van der Waals surface area contributed by atoms with Crippen molar-refractivity contribution in [1.29, 1.82) is 0 Å². The van der Waals surface area contributed by atoms with Crippen LogP contribution < -0.4 is 4.90 Å². The molecule has 4 nitrogen and oxygen atoms in total. The number of rotatable bonds is 8. The molecule has 1 aromatic rings. The van der Waals surface area contributed by atoms with E-state index in [1.54, 1.807) is 11.8 Å². The molecule has 3 rings (SSSR count). The average Bonchev–Trinajstić information content (AvgIpc) is 3.06. The van der Waals surface area contributed by atoms with E-state index in [-0.39, 0.29) is 22.9 Å². The van der Waals surface area contributed by atoms with E-state index in [9.17, 15) is 14.4 Å². The molecule has 2 aliphatic rings. The Morgan fingerprint density at radius 3 is 2.53 bits per heavy atom. The molecule has 0 fully saturated rings. The summed E-state index contributed by atoms with van der Waals surface area (Å²) >= 11 is 0. The van der Waals surface area contributed by atoms with Crippen LogP contribution >= 0.6 is 0 Å². The highest BCUT2D eigenvalue weighted by Gasteiger charge is 2.46. The molecule has 0 aromatic heterocycles. The van der Waals surface area contributed by atoms with Gasteiger partial charge in [0.2, 0.25) is 5.91 Å². The molecule has 1 atom stereocenters. The van der Waals surface area contributed by atoms with Gasteiger partial charge in [-0.25, -0.2) is 0 Å². The summed E-state index contributed by atoms with van der Waals surface area (Å²) in [6.45, 7) is 10.1. The van der Waals surface area contributed by atoms with E-state index in [2.05, 4.69) is 19.9 Å². The van der Waals surface area contributed by atoms with Crippen molar-refractivity contribution >= 4 is 28.7 Å². The van der Waals surface area contributed by atoms with Crippen molar-refractivity contribution in [1.82, 2.24) is 0 Å². The smallest absolute Gasteiger partial charge is 0.223 e. The van der Waals surface area contributed by atoms with Crippen LogP contribution in [0.25, 0.3) is 5.57 Å². The first-order valence-electron chi connectivity index (χ1n) is 11.4. The van der Waals surface area contributed by atoms with Crippen molar-refractivity contribution in [3.05, 3.63) is 34.4 Å².